The molecule has 0 radical (unpaired) electrons. The van der Waals surface area contributed by atoms with Gasteiger partial charge >= 0.3 is 12.0 Å². The third-order valence-corrected chi connectivity index (χ3v) is 5.12. The lowest BCUT2D eigenvalue weighted by molar-refractivity contribution is -0.138. The van der Waals surface area contributed by atoms with E-state index in [0.29, 0.717) is 36.9 Å². The number of imidazole rings is 1. The molecule has 0 saturated heterocycles. The summed E-state index contributed by atoms with van der Waals surface area (Å²) in [5.41, 5.74) is 8.75. The third-order valence-electron chi connectivity index (χ3n) is 5.12. The zero-order valence-corrected chi connectivity index (χ0v) is 18.7. The molecule has 10 nitrogen and oxygen atoms in total. The molecule has 3 rings (SSSR count). The van der Waals surface area contributed by atoms with Crippen molar-refractivity contribution in [2.75, 3.05) is 31.3 Å². The monoisotopic (exact) mass is 442 g/mol. The van der Waals surface area contributed by atoms with Crippen molar-refractivity contribution in [3.8, 4) is 12.0 Å². The van der Waals surface area contributed by atoms with E-state index in [1.807, 2.05) is 28.8 Å². The van der Waals surface area contributed by atoms with Gasteiger partial charge in [-0.25, -0.2) is 0 Å². The van der Waals surface area contributed by atoms with E-state index in [4.69, 9.17) is 15.2 Å². The van der Waals surface area contributed by atoms with E-state index in [-0.39, 0.29) is 11.8 Å². The fraction of sp³-hybridized carbons (Fsp3) is 0.455. The van der Waals surface area contributed by atoms with Crippen LogP contribution < -0.4 is 20.5 Å². The van der Waals surface area contributed by atoms with Crippen LogP contribution in [0.5, 0.6) is 12.0 Å². The van der Waals surface area contributed by atoms with Gasteiger partial charge in [-0.05, 0) is 37.5 Å². The van der Waals surface area contributed by atoms with Crippen molar-refractivity contribution in [1.29, 1.82) is 0 Å². The number of rotatable bonds is 12. The topological polar surface area (TPSA) is 137 Å². The Labute approximate surface area is 186 Å². The van der Waals surface area contributed by atoms with Gasteiger partial charge in [-0.3, -0.25) is 9.36 Å². The first-order valence-corrected chi connectivity index (χ1v) is 10.7. The molecule has 0 bridgehead atoms. The number of nitrogens with two attached hydrogens (primary N) is 1. The number of carboxylic acids is 1. The Balaban J connectivity index is 1.69. The molecular formula is C22H30N6O4. The van der Waals surface area contributed by atoms with Crippen LogP contribution in [0.1, 0.15) is 44.6 Å². The van der Waals surface area contributed by atoms with E-state index in [2.05, 4.69) is 27.2 Å². The highest BCUT2D eigenvalue weighted by Crippen LogP contribution is 2.26. The SMILES string of the molecule is CCCCOc1nc(N)c2nc(OC)n(CCCNc3cccc(C(C)C(=O)O)c3)c2n1. The molecule has 0 aliphatic rings. The highest BCUT2D eigenvalue weighted by Gasteiger charge is 2.18. The molecule has 0 aliphatic carbocycles. The van der Waals surface area contributed by atoms with Gasteiger partial charge in [-0.2, -0.15) is 15.0 Å². The molecule has 4 N–H and O–H groups in total. The zero-order chi connectivity index (χ0) is 23.1. The third kappa shape index (κ3) is 5.37. The van der Waals surface area contributed by atoms with Crippen molar-refractivity contribution < 1.29 is 19.4 Å². The number of nitrogens with one attached hydrogen (secondary N) is 1. The maximum Gasteiger partial charge on any atom is 0.320 e. The van der Waals surface area contributed by atoms with Crippen molar-refractivity contribution in [3.63, 3.8) is 0 Å². The molecule has 32 heavy (non-hydrogen) atoms. The lowest BCUT2D eigenvalue weighted by Crippen LogP contribution is -2.10. The van der Waals surface area contributed by atoms with Crippen molar-refractivity contribution in [3.05, 3.63) is 29.8 Å². The number of aromatic nitrogens is 4. The summed E-state index contributed by atoms with van der Waals surface area (Å²) in [6.07, 6.45) is 2.66. The average Bonchev–Trinajstić information content (AvgIpc) is 3.14. The Morgan fingerprint density at radius 1 is 1.28 bits per heavy atom. The molecule has 1 unspecified atom stereocenters. The largest absolute Gasteiger partial charge is 0.481 e. The van der Waals surface area contributed by atoms with Crippen LogP contribution in [0.3, 0.4) is 0 Å². The fourth-order valence-electron chi connectivity index (χ4n) is 3.24. The molecule has 0 fully saturated rings. The van der Waals surface area contributed by atoms with Gasteiger partial charge in [0.2, 0.25) is 0 Å². The number of carboxylic acid groups (broad SMARTS) is 1. The summed E-state index contributed by atoms with van der Waals surface area (Å²) < 4.78 is 12.9. The van der Waals surface area contributed by atoms with Gasteiger partial charge in [0.05, 0.1) is 19.6 Å². The summed E-state index contributed by atoms with van der Waals surface area (Å²) in [6, 6.07) is 8.08. The molecule has 3 aromatic rings. The normalized spacial score (nSPS) is 12.0. The Kier molecular flexibility index (Phi) is 7.69. The maximum absolute atomic E-state index is 11.2. The van der Waals surface area contributed by atoms with Crippen molar-refractivity contribution in [2.45, 2.75) is 45.6 Å². The summed E-state index contributed by atoms with van der Waals surface area (Å²) >= 11 is 0. The van der Waals surface area contributed by atoms with Crippen molar-refractivity contribution in [2.24, 2.45) is 0 Å². The van der Waals surface area contributed by atoms with Crippen LogP contribution >= 0.6 is 0 Å². The van der Waals surface area contributed by atoms with Crippen LogP contribution in [0.25, 0.3) is 11.2 Å². The van der Waals surface area contributed by atoms with E-state index in [1.165, 1.54) is 0 Å². The molecule has 0 aliphatic heterocycles. The molecular weight excluding hydrogens is 412 g/mol. The number of nitrogens with zero attached hydrogens (tertiary/aromatic N) is 4. The number of nitrogen functional groups attached to an aromatic ring is 1. The minimum atomic E-state index is -0.847. The molecule has 0 amide bonds. The van der Waals surface area contributed by atoms with Crippen molar-refractivity contribution in [1.82, 2.24) is 19.5 Å². The van der Waals surface area contributed by atoms with Gasteiger partial charge in [0.15, 0.2) is 17.0 Å². The number of aliphatic carboxylic acids is 1. The molecule has 1 atom stereocenters. The summed E-state index contributed by atoms with van der Waals surface area (Å²) in [4.78, 5) is 24.3. The van der Waals surface area contributed by atoms with Gasteiger partial charge < -0.3 is 25.6 Å². The summed E-state index contributed by atoms with van der Waals surface area (Å²) in [6.45, 7) is 5.53. The first kappa shape index (κ1) is 23.1. The van der Waals surface area contributed by atoms with E-state index >= 15 is 0 Å². The Morgan fingerprint density at radius 2 is 2.09 bits per heavy atom. The highest BCUT2D eigenvalue weighted by atomic mass is 16.5. The number of aryl methyl sites for hydroxylation is 1. The van der Waals surface area contributed by atoms with Crippen LogP contribution in [0.15, 0.2) is 24.3 Å². The standard InChI is InChI=1S/C22H30N6O4/c1-4-5-12-32-21-26-18(23)17-19(27-21)28(22(25-17)31-3)11-7-10-24-16-9-6-8-15(13-16)14(2)20(29)30/h6,8-9,13-14,24H,4-5,7,10-12H2,1-3H3,(H,29,30)(H2,23,26,27). The molecule has 0 spiro atoms. The number of fused-ring (bicyclic) bond motifs is 1. The van der Waals surface area contributed by atoms with Gasteiger partial charge in [0, 0.05) is 18.8 Å². The summed E-state index contributed by atoms with van der Waals surface area (Å²) in [5, 5.41) is 12.5. The first-order chi connectivity index (χ1) is 15.4. The quantitative estimate of drug-likeness (QED) is 0.361. The minimum absolute atomic E-state index is 0.231. The molecule has 2 heterocycles. The molecule has 1 aromatic carbocycles. The number of unbranched alkanes of at least 4 members (excludes halogenated alkanes) is 1. The van der Waals surface area contributed by atoms with Crippen LogP contribution in [-0.2, 0) is 11.3 Å². The molecule has 10 heteroatoms. The van der Waals surface area contributed by atoms with Crippen LogP contribution in [0, 0.1) is 0 Å². The smallest absolute Gasteiger partial charge is 0.320 e. The predicted molar refractivity (Wildman–Crippen MR) is 122 cm³/mol. The lowest BCUT2D eigenvalue weighted by Gasteiger charge is -2.12. The number of benzene rings is 1. The zero-order valence-electron chi connectivity index (χ0n) is 18.7. The fourth-order valence-corrected chi connectivity index (χ4v) is 3.24. The van der Waals surface area contributed by atoms with Gasteiger partial charge in [0.25, 0.3) is 6.01 Å². The molecule has 172 valence electrons. The van der Waals surface area contributed by atoms with Crippen LogP contribution in [0.4, 0.5) is 11.5 Å². The number of anilines is 2. The number of ether oxygens (including phenoxy) is 2. The summed E-state index contributed by atoms with van der Waals surface area (Å²) in [5.74, 6) is -1.15. The number of carbonyl (C=O) groups is 1. The Hall–Kier alpha value is -3.56. The average molecular weight is 443 g/mol. The van der Waals surface area contributed by atoms with Crippen molar-refractivity contribution >= 4 is 28.6 Å². The van der Waals surface area contributed by atoms with Gasteiger partial charge in [-0.1, -0.05) is 25.5 Å². The molecule has 2 aromatic heterocycles. The number of methoxy groups -OCH3 is 1. The number of hydrogen-bond acceptors (Lipinski definition) is 8. The Bertz CT molecular complexity index is 1070. The first-order valence-electron chi connectivity index (χ1n) is 10.7. The van der Waals surface area contributed by atoms with Gasteiger partial charge in [0.1, 0.15) is 0 Å². The van der Waals surface area contributed by atoms with E-state index in [0.717, 1.165) is 30.5 Å². The lowest BCUT2D eigenvalue weighted by atomic mass is 10.0. The highest BCUT2D eigenvalue weighted by molar-refractivity contribution is 5.83. The van der Waals surface area contributed by atoms with E-state index in [1.54, 1.807) is 14.0 Å². The van der Waals surface area contributed by atoms with Gasteiger partial charge in [-0.15, -0.1) is 0 Å². The Morgan fingerprint density at radius 3 is 2.81 bits per heavy atom. The molecule has 0 saturated carbocycles. The summed E-state index contributed by atoms with van der Waals surface area (Å²) in [7, 11) is 1.55. The predicted octanol–water partition coefficient (Wildman–Crippen LogP) is 3.29. The van der Waals surface area contributed by atoms with Crippen LogP contribution in [-0.4, -0.2) is 50.9 Å². The maximum atomic E-state index is 11.2. The minimum Gasteiger partial charge on any atom is -0.481 e. The van der Waals surface area contributed by atoms with E-state index in [9.17, 15) is 9.90 Å². The van der Waals surface area contributed by atoms with E-state index < -0.39 is 11.9 Å². The second-order valence-electron chi connectivity index (χ2n) is 7.48. The number of hydrogen-bond donors (Lipinski definition) is 3. The second kappa shape index (κ2) is 10.7. The second-order valence-corrected chi connectivity index (χ2v) is 7.48. The van der Waals surface area contributed by atoms with Crippen LogP contribution in [0.2, 0.25) is 0 Å².